The summed E-state index contributed by atoms with van der Waals surface area (Å²) in [6, 6.07) is 9.36. The number of carbonyl (C=O) groups is 2. The lowest BCUT2D eigenvalue weighted by Crippen LogP contribution is -2.69. The minimum absolute atomic E-state index is 0.0794. The molecule has 39 heavy (non-hydrogen) atoms. The molecule has 3 N–H and O–H groups in total. The Labute approximate surface area is 227 Å². The number of nitrogens with zero attached hydrogens (tertiary/aromatic N) is 3. The number of nitriles is 1. The normalized spacial score (nSPS) is 39.4. The maximum absolute atomic E-state index is 14.0. The maximum atomic E-state index is 14.0. The number of para-hydroxylation sites is 1. The van der Waals surface area contributed by atoms with Crippen molar-refractivity contribution < 1.29 is 14.3 Å². The molecule has 1 amide bonds. The fourth-order valence-corrected chi connectivity index (χ4v) is 9.69. The van der Waals surface area contributed by atoms with E-state index >= 15 is 0 Å². The first kappa shape index (κ1) is 23.7. The molecule has 9 atom stereocenters. The van der Waals surface area contributed by atoms with Gasteiger partial charge in [0.05, 0.1) is 24.6 Å². The predicted molar refractivity (Wildman–Crippen MR) is 144 cm³/mol. The molecule has 6 bridgehead atoms. The highest BCUT2D eigenvalue weighted by atomic mass is 16.6. The van der Waals surface area contributed by atoms with Crippen molar-refractivity contribution in [1.82, 2.24) is 9.88 Å². The molecule has 2 aromatic rings. The molecule has 3 heterocycles. The van der Waals surface area contributed by atoms with E-state index in [0.29, 0.717) is 37.1 Å². The van der Waals surface area contributed by atoms with Crippen molar-refractivity contribution in [2.45, 2.75) is 68.7 Å². The number of rotatable bonds is 7. The molecule has 10 rings (SSSR count). The summed E-state index contributed by atoms with van der Waals surface area (Å²) in [7, 11) is 1.83. The van der Waals surface area contributed by atoms with Gasteiger partial charge in [-0.15, -0.1) is 6.54 Å². The van der Waals surface area contributed by atoms with E-state index in [-0.39, 0.29) is 30.3 Å². The highest BCUT2D eigenvalue weighted by Crippen LogP contribution is 2.70. The van der Waals surface area contributed by atoms with Crippen LogP contribution in [-0.2, 0) is 20.7 Å². The number of hydrogen-bond donors (Lipinski definition) is 2. The molecule has 8 nitrogen and oxygen atoms in total. The number of ether oxygens (including phenoxy) is 1. The number of amides is 1. The van der Waals surface area contributed by atoms with Gasteiger partial charge in [-0.05, 0) is 72.5 Å². The maximum Gasteiger partial charge on any atom is 0.310 e. The van der Waals surface area contributed by atoms with E-state index < -0.39 is 23.1 Å². The Morgan fingerprint density at radius 1 is 1.31 bits per heavy atom. The molecule has 8 heteroatoms. The molecular formula is C31H34N5O3-. The number of aromatic nitrogens is 1. The van der Waals surface area contributed by atoms with E-state index in [2.05, 4.69) is 16.4 Å². The molecule has 8 aliphatic rings. The van der Waals surface area contributed by atoms with Crippen LogP contribution in [0, 0.1) is 40.4 Å². The number of carbonyl (C=O) groups excluding carboxylic acids is 2. The van der Waals surface area contributed by atoms with Gasteiger partial charge in [0.25, 0.3) is 0 Å². The molecule has 1 saturated heterocycles. The Bertz CT molecular complexity index is 1490. The van der Waals surface area contributed by atoms with Gasteiger partial charge in [0, 0.05) is 29.4 Å². The Morgan fingerprint density at radius 3 is 2.92 bits per heavy atom. The Morgan fingerprint density at radius 2 is 2.13 bits per heavy atom. The lowest BCUT2D eigenvalue weighted by molar-refractivity contribution is -0.228. The zero-order valence-electron chi connectivity index (χ0n) is 22.2. The first-order valence-electron chi connectivity index (χ1n) is 14.4. The highest BCUT2D eigenvalue weighted by Gasteiger charge is 2.71. The molecule has 6 aliphatic carbocycles. The fourth-order valence-electron chi connectivity index (χ4n) is 9.69. The third kappa shape index (κ3) is 3.23. The molecule has 202 valence electrons. The van der Waals surface area contributed by atoms with Gasteiger partial charge < -0.3 is 25.7 Å². The van der Waals surface area contributed by atoms with Gasteiger partial charge >= 0.3 is 5.97 Å². The van der Waals surface area contributed by atoms with Crippen molar-refractivity contribution in [2.24, 2.45) is 34.8 Å². The molecule has 5 saturated carbocycles. The van der Waals surface area contributed by atoms with Crippen LogP contribution in [0.25, 0.3) is 16.2 Å². The standard InChI is InChI=1S/C31H34N5O3/c1-34-14-22-17-6-16-9-30(11-17,28(33)29(38)36-19(12-32)8-21-25-26(21)27(25)36)15-31(22,10-16)39-24(37)7-18-13-35-23-5-3-2-4-20(18)23/h2-5,13,16-17,19,22,25,27-28,35H,6-11,14-15,33H2,1H3/q-1/t16?,17?,19-,22?,25+,27-,28+,30?,31?/m0/s1. The van der Waals surface area contributed by atoms with Gasteiger partial charge in [-0.25, -0.2) is 0 Å². The summed E-state index contributed by atoms with van der Waals surface area (Å²) in [4.78, 5) is 32.6. The second kappa shape index (κ2) is 7.96. The monoisotopic (exact) mass is 524 g/mol. The number of piperidine rings is 1. The van der Waals surface area contributed by atoms with Crippen LogP contribution in [0.3, 0.4) is 0 Å². The average molecular weight is 525 g/mol. The van der Waals surface area contributed by atoms with Crippen LogP contribution in [0.1, 0.15) is 44.1 Å². The number of nitrogens with one attached hydrogen (secondary N) is 1. The molecular weight excluding hydrogens is 490 g/mol. The molecule has 0 radical (unpaired) electrons. The number of benzene rings is 1. The highest BCUT2D eigenvalue weighted by molar-refractivity contribution is 5.89. The van der Waals surface area contributed by atoms with Crippen LogP contribution in [0.15, 0.2) is 41.6 Å². The van der Waals surface area contributed by atoms with E-state index in [0.717, 1.165) is 42.1 Å². The zero-order valence-corrected chi connectivity index (χ0v) is 22.2. The summed E-state index contributed by atoms with van der Waals surface area (Å²) in [5, 5.41) is 15.4. The van der Waals surface area contributed by atoms with Gasteiger partial charge in [0.1, 0.15) is 11.6 Å². The quantitative estimate of drug-likeness (QED) is 0.423. The topological polar surface area (TPSA) is 126 Å². The van der Waals surface area contributed by atoms with Crippen molar-refractivity contribution in [2.75, 3.05) is 13.6 Å². The van der Waals surface area contributed by atoms with Gasteiger partial charge in [0.2, 0.25) is 5.91 Å². The summed E-state index contributed by atoms with van der Waals surface area (Å²) in [5.41, 5.74) is 10.6. The smallest absolute Gasteiger partial charge is 0.310 e. The fraction of sp³-hybridized carbons (Fsp3) is 0.581. The molecule has 1 aromatic heterocycles. The summed E-state index contributed by atoms with van der Waals surface area (Å²) in [6.45, 7) is 0.653. The van der Waals surface area contributed by atoms with Gasteiger partial charge in [-0.3, -0.25) is 9.59 Å². The molecule has 2 aliphatic heterocycles. The van der Waals surface area contributed by atoms with E-state index in [1.165, 1.54) is 11.1 Å². The summed E-state index contributed by atoms with van der Waals surface area (Å²) in [6.07, 6.45) is 7.04. The number of hydrogen-bond acceptors (Lipinski definition) is 5. The van der Waals surface area contributed by atoms with Crippen LogP contribution >= 0.6 is 0 Å². The first-order chi connectivity index (χ1) is 18.9. The van der Waals surface area contributed by atoms with Crippen molar-refractivity contribution in [1.29, 1.82) is 5.26 Å². The van der Waals surface area contributed by atoms with Crippen LogP contribution in [0.5, 0.6) is 0 Å². The number of H-pyrrole nitrogens is 1. The Balaban J connectivity index is 1.08. The van der Waals surface area contributed by atoms with Gasteiger partial charge in [0.15, 0.2) is 0 Å². The van der Waals surface area contributed by atoms with Crippen molar-refractivity contribution >= 4 is 22.8 Å². The number of esters is 1. The van der Waals surface area contributed by atoms with E-state index in [1.54, 1.807) is 0 Å². The van der Waals surface area contributed by atoms with Crippen LogP contribution in [-0.4, -0.2) is 59.1 Å². The van der Waals surface area contributed by atoms with Crippen molar-refractivity contribution in [3.63, 3.8) is 0 Å². The lowest BCUT2D eigenvalue weighted by atomic mass is 9.42. The predicted octanol–water partition coefficient (Wildman–Crippen LogP) is 3.58. The first-order valence-corrected chi connectivity index (χ1v) is 14.4. The SMILES string of the molecule is C[N-]CC1C2CC3CC1(OC(=O)Cc1c[nH]c4ccccc14)CC([C@H](N)C(=O)N1[C@H](C#N)CC4=C5[C@@H]4[C@@H]51)(C3)C2. The van der Waals surface area contributed by atoms with Gasteiger partial charge in [-0.1, -0.05) is 23.8 Å². The minimum atomic E-state index is -0.688. The second-order valence-corrected chi connectivity index (χ2v) is 13.2. The van der Waals surface area contributed by atoms with Crippen LogP contribution < -0.4 is 5.73 Å². The minimum Gasteiger partial charge on any atom is -0.665 e. The van der Waals surface area contributed by atoms with E-state index in [9.17, 15) is 14.9 Å². The third-order valence-corrected chi connectivity index (χ3v) is 11.1. The number of aromatic amines is 1. The largest absolute Gasteiger partial charge is 0.665 e. The number of fused-ring (bicyclic) bond motifs is 3. The van der Waals surface area contributed by atoms with Crippen LogP contribution in [0.4, 0.5) is 0 Å². The van der Waals surface area contributed by atoms with Crippen molar-refractivity contribution in [3.05, 3.63) is 52.5 Å². The average Bonchev–Trinajstić information content (AvgIpc) is 3.81. The Kier molecular flexibility index (Phi) is 4.84. The molecule has 6 fully saturated rings. The summed E-state index contributed by atoms with van der Waals surface area (Å²) in [5.74, 6) is 0.982. The van der Waals surface area contributed by atoms with Crippen LogP contribution in [0.2, 0.25) is 0 Å². The molecule has 1 aromatic carbocycles. The van der Waals surface area contributed by atoms with E-state index in [4.69, 9.17) is 10.5 Å². The lowest BCUT2D eigenvalue weighted by Gasteiger charge is -2.67. The summed E-state index contributed by atoms with van der Waals surface area (Å²) < 4.78 is 6.56. The van der Waals surface area contributed by atoms with Gasteiger partial charge in [-0.2, -0.15) is 12.3 Å². The number of nitrogens with two attached hydrogens (primary N) is 1. The summed E-state index contributed by atoms with van der Waals surface area (Å²) >= 11 is 0. The zero-order chi connectivity index (χ0) is 26.7. The third-order valence-electron chi connectivity index (χ3n) is 11.1. The Hall–Kier alpha value is -3.15. The second-order valence-electron chi connectivity index (χ2n) is 13.2. The molecule has 5 unspecified atom stereocenters. The van der Waals surface area contributed by atoms with Crippen molar-refractivity contribution in [3.8, 4) is 6.07 Å². The van der Waals surface area contributed by atoms with E-state index in [1.807, 2.05) is 42.4 Å². The molecule has 0 spiro atoms.